The van der Waals surface area contributed by atoms with Crippen molar-refractivity contribution in [3.8, 4) is 0 Å². The zero-order valence-corrected chi connectivity index (χ0v) is 17.4. The number of carbonyl (C=O) groups is 1. The molecule has 2 amide bonds. The number of rotatable bonds is 4. The zero-order chi connectivity index (χ0) is 19.7. The molecule has 1 aromatic heterocycles. The van der Waals surface area contributed by atoms with Crippen LogP contribution in [0.25, 0.3) is 0 Å². The Bertz CT molecular complexity index is 696. The lowest BCUT2D eigenvalue weighted by Crippen LogP contribution is -2.53. The Morgan fingerprint density at radius 2 is 1.92 bits per heavy atom. The van der Waals surface area contributed by atoms with Gasteiger partial charge in [-0.05, 0) is 45.4 Å². The number of aromatic nitrogens is 3. The molecule has 2 heterocycles. The summed E-state index contributed by atoms with van der Waals surface area (Å²) in [7, 11) is 1.68. The summed E-state index contributed by atoms with van der Waals surface area (Å²) in [5, 5.41) is 7.62. The number of likely N-dealkylation sites (tertiary alicyclic amines) is 1. The van der Waals surface area contributed by atoms with Crippen LogP contribution in [0.1, 0.15) is 72.5 Å². The summed E-state index contributed by atoms with van der Waals surface area (Å²) in [6.07, 6.45) is 2.77. The largest absolute Gasteiger partial charge is 0.345 e. The van der Waals surface area contributed by atoms with E-state index >= 15 is 0 Å². The quantitative estimate of drug-likeness (QED) is 0.892. The molecular formula is C19H35N5O2. The maximum absolute atomic E-state index is 12.8. The highest BCUT2D eigenvalue weighted by molar-refractivity contribution is 5.75. The maximum Gasteiger partial charge on any atom is 0.345 e. The molecule has 1 atom stereocenters. The van der Waals surface area contributed by atoms with E-state index in [9.17, 15) is 9.59 Å². The van der Waals surface area contributed by atoms with Gasteiger partial charge in [0.15, 0.2) is 0 Å². The van der Waals surface area contributed by atoms with Gasteiger partial charge in [0, 0.05) is 38.1 Å². The number of carbonyl (C=O) groups excluding carboxylic acids is 1. The van der Waals surface area contributed by atoms with Crippen molar-refractivity contribution in [2.24, 2.45) is 12.5 Å². The Balaban J connectivity index is 2.10. The summed E-state index contributed by atoms with van der Waals surface area (Å²) >= 11 is 0. The lowest BCUT2D eigenvalue weighted by atomic mass is 9.82. The summed E-state index contributed by atoms with van der Waals surface area (Å²) in [4.78, 5) is 26.9. The molecule has 7 nitrogen and oxygen atoms in total. The number of nitrogens with one attached hydrogen (secondary N) is 1. The number of nitrogens with zero attached hydrogens (tertiary/aromatic N) is 4. The second kappa shape index (κ2) is 7.45. The summed E-state index contributed by atoms with van der Waals surface area (Å²) in [5.74, 6) is 0.903. The monoisotopic (exact) mass is 365 g/mol. The summed E-state index contributed by atoms with van der Waals surface area (Å²) in [6, 6.07) is -0.0229. The molecule has 0 unspecified atom stereocenters. The molecule has 1 saturated heterocycles. The molecular weight excluding hydrogens is 330 g/mol. The van der Waals surface area contributed by atoms with Crippen molar-refractivity contribution < 1.29 is 4.79 Å². The fourth-order valence-corrected chi connectivity index (χ4v) is 4.23. The number of piperidine rings is 1. The summed E-state index contributed by atoms with van der Waals surface area (Å²) < 4.78 is 3.11. The van der Waals surface area contributed by atoms with E-state index in [1.807, 2.05) is 11.8 Å². The van der Waals surface area contributed by atoms with Crippen molar-refractivity contribution in [3.05, 3.63) is 16.3 Å². The van der Waals surface area contributed by atoms with Gasteiger partial charge in [0.25, 0.3) is 0 Å². The first-order chi connectivity index (χ1) is 11.9. The third-order valence-corrected chi connectivity index (χ3v) is 4.84. The number of aryl methyl sites for hydroxylation is 1. The fourth-order valence-electron chi connectivity index (χ4n) is 4.23. The second-order valence-electron chi connectivity index (χ2n) is 9.35. The topological polar surface area (TPSA) is 72.2 Å². The first kappa shape index (κ1) is 20.5. The fraction of sp³-hybridized carbons (Fsp3) is 0.842. The van der Waals surface area contributed by atoms with E-state index in [-0.39, 0.29) is 28.6 Å². The van der Waals surface area contributed by atoms with E-state index in [4.69, 9.17) is 0 Å². The van der Waals surface area contributed by atoms with Crippen LogP contribution >= 0.6 is 0 Å². The van der Waals surface area contributed by atoms with Gasteiger partial charge in [0.1, 0.15) is 5.82 Å². The molecule has 0 bridgehead atoms. The van der Waals surface area contributed by atoms with Crippen LogP contribution in [0.15, 0.2) is 4.79 Å². The highest BCUT2D eigenvalue weighted by Crippen LogP contribution is 2.28. The van der Waals surface area contributed by atoms with Gasteiger partial charge in [-0.25, -0.2) is 14.3 Å². The van der Waals surface area contributed by atoms with Gasteiger partial charge in [-0.2, -0.15) is 5.10 Å². The van der Waals surface area contributed by atoms with Gasteiger partial charge in [-0.15, -0.1) is 0 Å². The zero-order valence-electron chi connectivity index (χ0n) is 17.4. The molecule has 2 rings (SSSR count). The normalized spacial score (nSPS) is 18.9. The summed E-state index contributed by atoms with van der Waals surface area (Å²) in [6.45, 7) is 14.6. The third kappa shape index (κ3) is 4.89. The lowest BCUT2D eigenvalue weighted by Gasteiger charge is -2.38. The molecule has 1 aliphatic heterocycles. The molecule has 0 saturated carbocycles. The van der Waals surface area contributed by atoms with Crippen LogP contribution in [0.4, 0.5) is 4.79 Å². The first-order valence-electron chi connectivity index (χ1n) is 9.64. The predicted molar refractivity (Wildman–Crippen MR) is 103 cm³/mol. The maximum atomic E-state index is 12.8. The number of amides is 2. The Kier molecular flexibility index (Phi) is 5.88. The van der Waals surface area contributed by atoms with Crippen molar-refractivity contribution >= 4 is 6.03 Å². The van der Waals surface area contributed by atoms with Crippen molar-refractivity contribution in [1.29, 1.82) is 0 Å². The van der Waals surface area contributed by atoms with Crippen molar-refractivity contribution in [3.63, 3.8) is 0 Å². The van der Waals surface area contributed by atoms with E-state index in [0.717, 1.165) is 31.6 Å². The summed E-state index contributed by atoms with van der Waals surface area (Å²) in [5.41, 5.74) is -0.207. The van der Waals surface area contributed by atoms with Gasteiger partial charge in [0.05, 0.1) is 0 Å². The van der Waals surface area contributed by atoms with Gasteiger partial charge >= 0.3 is 11.7 Å². The Hall–Kier alpha value is -1.79. The molecule has 1 N–H and O–H groups in total. The van der Waals surface area contributed by atoms with Crippen LogP contribution in [-0.4, -0.2) is 43.9 Å². The minimum atomic E-state index is -0.265. The molecule has 1 fully saturated rings. The molecule has 0 spiro atoms. The first-order valence-corrected chi connectivity index (χ1v) is 9.64. The average Bonchev–Trinajstić information content (AvgIpc) is 2.79. The van der Waals surface area contributed by atoms with E-state index in [2.05, 4.69) is 45.0 Å². The molecule has 148 valence electrons. The van der Waals surface area contributed by atoms with Crippen molar-refractivity contribution in [2.75, 3.05) is 13.1 Å². The minimum Gasteiger partial charge on any atom is -0.333 e. The Labute approximate surface area is 156 Å². The Morgan fingerprint density at radius 1 is 1.27 bits per heavy atom. The second-order valence-corrected chi connectivity index (χ2v) is 9.35. The van der Waals surface area contributed by atoms with E-state index in [1.165, 1.54) is 4.68 Å². The SMILES string of the molecule is CCn1c([C@H]2CCCN(C(=O)NC(C)(C)CC(C)(C)C)C2)nn(C)c1=O. The molecule has 7 heteroatoms. The highest BCUT2D eigenvalue weighted by Gasteiger charge is 2.32. The van der Waals surface area contributed by atoms with E-state index in [1.54, 1.807) is 11.6 Å². The van der Waals surface area contributed by atoms with Gasteiger partial charge in [0.2, 0.25) is 0 Å². The number of urea groups is 1. The van der Waals surface area contributed by atoms with Crippen molar-refractivity contribution in [2.45, 2.75) is 78.8 Å². The van der Waals surface area contributed by atoms with Crippen LogP contribution in [-0.2, 0) is 13.6 Å². The van der Waals surface area contributed by atoms with Crippen LogP contribution in [0.5, 0.6) is 0 Å². The standard InChI is InChI=1S/C19H35N5O2/c1-8-24-15(21-22(7)17(24)26)14-10-9-11-23(12-14)16(25)20-19(5,6)13-18(2,3)4/h14H,8-13H2,1-7H3,(H,20,25)/t14-/m0/s1. The van der Waals surface area contributed by atoms with E-state index in [0.29, 0.717) is 13.1 Å². The number of hydrogen-bond acceptors (Lipinski definition) is 3. The van der Waals surface area contributed by atoms with Gasteiger partial charge < -0.3 is 10.2 Å². The third-order valence-electron chi connectivity index (χ3n) is 4.84. The molecule has 0 aliphatic carbocycles. The number of hydrogen-bond donors (Lipinski definition) is 1. The molecule has 0 radical (unpaired) electrons. The minimum absolute atomic E-state index is 0.0229. The van der Waals surface area contributed by atoms with Crippen LogP contribution in [0, 0.1) is 5.41 Å². The average molecular weight is 366 g/mol. The smallest absolute Gasteiger partial charge is 0.333 e. The van der Waals surface area contributed by atoms with Gasteiger partial charge in [-0.3, -0.25) is 4.57 Å². The van der Waals surface area contributed by atoms with Crippen LogP contribution in [0.3, 0.4) is 0 Å². The molecule has 26 heavy (non-hydrogen) atoms. The van der Waals surface area contributed by atoms with Crippen LogP contribution in [0.2, 0.25) is 0 Å². The molecule has 1 aliphatic rings. The van der Waals surface area contributed by atoms with Crippen LogP contribution < -0.4 is 11.0 Å². The molecule has 0 aromatic carbocycles. The van der Waals surface area contributed by atoms with Gasteiger partial charge in [-0.1, -0.05) is 20.8 Å². The highest BCUT2D eigenvalue weighted by atomic mass is 16.2. The predicted octanol–water partition coefficient (Wildman–Crippen LogP) is 2.71. The molecule has 1 aromatic rings. The lowest BCUT2D eigenvalue weighted by molar-refractivity contribution is 0.159. The van der Waals surface area contributed by atoms with E-state index < -0.39 is 0 Å². The Morgan fingerprint density at radius 3 is 2.50 bits per heavy atom. The van der Waals surface area contributed by atoms with Crippen molar-refractivity contribution in [1.82, 2.24) is 24.6 Å².